The van der Waals surface area contributed by atoms with Crippen LogP contribution in [0.4, 0.5) is 11.4 Å². The standard InChI is InChI=1S/C35H51N5O2.C4H5N/c1-8-25(3)29(34(4,5)42)21-37-32(9-2)40(33(41)28-13-10-14-28)22-27-12-11-17-35(6,19-27)23-39-24-38(7)30-16-15-26(20-36)18-31(30)39;1-4(2)3-5/h9,15-16,18,21,27-28,42H,8,10-14,17,19,22-24H2,1-7H3;1H2,2H3/b29-25-,32-9+,37-21-;/t27?,35-;/m0./s1. The lowest BCUT2D eigenvalue weighted by Crippen LogP contribution is -2.44. The molecule has 8 heteroatoms. The van der Waals surface area contributed by atoms with E-state index in [0.29, 0.717) is 29.4 Å². The van der Waals surface area contributed by atoms with E-state index >= 15 is 0 Å². The predicted molar refractivity (Wildman–Crippen MR) is 193 cm³/mol. The second-order valence-electron chi connectivity index (χ2n) is 14.6. The van der Waals surface area contributed by atoms with Crippen molar-refractivity contribution in [2.24, 2.45) is 22.2 Å². The number of fused-ring (bicyclic) bond motifs is 1. The van der Waals surface area contributed by atoms with Gasteiger partial charge in [-0.1, -0.05) is 38.8 Å². The summed E-state index contributed by atoms with van der Waals surface area (Å²) in [7, 11) is 2.11. The highest BCUT2D eigenvalue weighted by atomic mass is 16.3. The van der Waals surface area contributed by atoms with Crippen LogP contribution in [0.1, 0.15) is 105 Å². The number of allylic oxidation sites excluding steroid dienone is 3. The molecule has 2 aliphatic carbocycles. The minimum Gasteiger partial charge on any atom is -0.386 e. The monoisotopic (exact) mass is 640 g/mol. The highest BCUT2D eigenvalue weighted by molar-refractivity contribution is 5.85. The average molecular weight is 641 g/mol. The van der Waals surface area contributed by atoms with Gasteiger partial charge in [0.2, 0.25) is 5.91 Å². The predicted octanol–water partition coefficient (Wildman–Crippen LogP) is 8.11. The van der Waals surface area contributed by atoms with Crippen LogP contribution < -0.4 is 9.80 Å². The summed E-state index contributed by atoms with van der Waals surface area (Å²) in [6, 6.07) is 10.1. The van der Waals surface area contributed by atoms with Gasteiger partial charge in [0.1, 0.15) is 5.82 Å². The zero-order valence-corrected chi connectivity index (χ0v) is 30.1. The quantitative estimate of drug-likeness (QED) is 0.205. The van der Waals surface area contributed by atoms with Crippen molar-refractivity contribution in [3.05, 3.63) is 59.0 Å². The van der Waals surface area contributed by atoms with Crippen molar-refractivity contribution in [1.82, 2.24) is 4.90 Å². The molecule has 2 fully saturated rings. The topological polar surface area (TPSA) is 107 Å². The van der Waals surface area contributed by atoms with Gasteiger partial charge in [0, 0.05) is 43.4 Å². The van der Waals surface area contributed by atoms with Crippen LogP contribution in [0.3, 0.4) is 0 Å². The first-order chi connectivity index (χ1) is 22.2. The summed E-state index contributed by atoms with van der Waals surface area (Å²) in [4.78, 5) is 25.3. The molecule has 47 heavy (non-hydrogen) atoms. The molecular weight excluding hydrogens is 584 g/mol. The lowest BCUT2D eigenvalue weighted by atomic mass is 9.70. The van der Waals surface area contributed by atoms with Gasteiger partial charge >= 0.3 is 0 Å². The van der Waals surface area contributed by atoms with Gasteiger partial charge < -0.3 is 14.9 Å². The summed E-state index contributed by atoms with van der Waals surface area (Å²) in [6.07, 6.45) is 12.0. The van der Waals surface area contributed by atoms with E-state index in [1.165, 1.54) is 5.69 Å². The number of aliphatic hydroxyl groups is 1. The first-order valence-corrected chi connectivity index (χ1v) is 17.2. The van der Waals surface area contributed by atoms with Gasteiger partial charge in [0.05, 0.1) is 41.3 Å². The molecule has 2 saturated carbocycles. The summed E-state index contributed by atoms with van der Waals surface area (Å²) in [5.41, 5.74) is 4.58. The molecule has 1 aromatic rings. The zero-order valence-electron chi connectivity index (χ0n) is 30.1. The molecule has 3 aliphatic rings. The van der Waals surface area contributed by atoms with Crippen molar-refractivity contribution in [2.45, 2.75) is 105 Å². The second kappa shape index (κ2) is 16.3. The van der Waals surface area contributed by atoms with Gasteiger partial charge in [-0.2, -0.15) is 10.5 Å². The molecule has 0 radical (unpaired) electrons. The first kappa shape index (κ1) is 37.6. The van der Waals surface area contributed by atoms with Gasteiger partial charge in [-0.3, -0.25) is 9.69 Å². The van der Waals surface area contributed by atoms with Crippen molar-refractivity contribution < 1.29 is 9.90 Å². The van der Waals surface area contributed by atoms with Crippen molar-refractivity contribution >= 4 is 23.5 Å². The Hall–Kier alpha value is -3.88. The normalized spacial score (nSPS) is 21.9. The number of amides is 1. The molecule has 1 N–H and O–H groups in total. The van der Waals surface area contributed by atoms with E-state index in [1.807, 2.05) is 43.0 Å². The van der Waals surface area contributed by atoms with Crippen LogP contribution in [-0.2, 0) is 4.79 Å². The fourth-order valence-electron chi connectivity index (χ4n) is 7.03. The summed E-state index contributed by atoms with van der Waals surface area (Å²) in [6.45, 7) is 19.5. The smallest absolute Gasteiger partial charge is 0.231 e. The van der Waals surface area contributed by atoms with Gasteiger partial charge in [-0.05, 0) is 109 Å². The van der Waals surface area contributed by atoms with Gasteiger partial charge in [-0.25, -0.2) is 4.99 Å². The molecule has 4 rings (SSSR count). The van der Waals surface area contributed by atoms with Gasteiger partial charge in [0.15, 0.2) is 0 Å². The number of rotatable bonds is 10. The number of hydrogen-bond acceptors (Lipinski definition) is 7. The Morgan fingerprint density at radius 3 is 2.43 bits per heavy atom. The second-order valence-corrected chi connectivity index (χ2v) is 14.6. The van der Waals surface area contributed by atoms with Crippen molar-refractivity contribution in [3.63, 3.8) is 0 Å². The number of carbonyl (C=O) groups is 1. The van der Waals surface area contributed by atoms with E-state index in [9.17, 15) is 15.2 Å². The van der Waals surface area contributed by atoms with Crippen LogP contribution in [-0.4, -0.2) is 54.5 Å². The van der Waals surface area contributed by atoms with Gasteiger partial charge in [-0.15, -0.1) is 0 Å². The molecule has 0 aromatic heterocycles. The van der Waals surface area contributed by atoms with Crippen molar-refractivity contribution in [1.29, 1.82) is 10.5 Å². The summed E-state index contributed by atoms with van der Waals surface area (Å²) in [5, 5.41) is 28.1. The van der Waals surface area contributed by atoms with E-state index in [-0.39, 0.29) is 17.2 Å². The molecule has 1 heterocycles. The molecule has 1 aliphatic heterocycles. The number of benzene rings is 1. The van der Waals surface area contributed by atoms with Crippen LogP contribution in [0, 0.1) is 39.9 Å². The first-order valence-electron chi connectivity index (χ1n) is 17.2. The molecule has 0 saturated heterocycles. The number of hydrogen-bond donors (Lipinski definition) is 1. The number of aliphatic imine (C=N–C) groups is 1. The van der Waals surface area contributed by atoms with Crippen LogP contribution in [0.25, 0.3) is 0 Å². The summed E-state index contributed by atoms with van der Waals surface area (Å²) in [5.74, 6) is 1.34. The van der Waals surface area contributed by atoms with E-state index in [0.717, 1.165) is 81.4 Å². The maximum atomic E-state index is 13.8. The molecule has 1 unspecified atom stereocenters. The summed E-state index contributed by atoms with van der Waals surface area (Å²) >= 11 is 0. The third-order valence-electron chi connectivity index (χ3n) is 9.85. The van der Waals surface area contributed by atoms with E-state index in [2.05, 4.69) is 49.4 Å². The van der Waals surface area contributed by atoms with Gasteiger partial charge in [0.25, 0.3) is 0 Å². The molecular formula is C39H56N6O2. The fourth-order valence-corrected chi connectivity index (χ4v) is 7.03. The third kappa shape index (κ3) is 9.81. The molecule has 8 nitrogen and oxygen atoms in total. The Balaban J connectivity index is 0.00000111. The average Bonchev–Trinajstić information content (AvgIpc) is 3.29. The summed E-state index contributed by atoms with van der Waals surface area (Å²) < 4.78 is 0. The number of nitrogens with zero attached hydrogens (tertiary/aromatic N) is 6. The van der Waals surface area contributed by atoms with Crippen LogP contribution >= 0.6 is 0 Å². The Kier molecular flexibility index (Phi) is 13.0. The van der Waals surface area contributed by atoms with E-state index in [4.69, 9.17) is 10.3 Å². The highest BCUT2D eigenvalue weighted by Gasteiger charge is 2.39. The number of nitriles is 2. The lowest BCUT2D eigenvalue weighted by molar-refractivity contribution is -0.137. The molecule has 1 amide bonds. The fraction of sp³-hybridized carbons (Fsp3) is 0.590. The third-order valence-corrected chi connectivity index (χ3v) is 9.85. The molecule has 1 aromatic carbocycles. The Labute approximate surface area is 283 Å². The van der Waals surface area contributed by atoms with Crippen LogP contribution in [0.5, 0.6) is 0 Å². The van der Waals surface area contributed by atoms with E-state index < -0.39 is 5.60 Å². The Morgan fingerprint density at radius 2 is 1.89 bits per heavy atom. The van der Waals surface area contributed by atoms with Crippen LogP contribution in [0.15, 0.2) is 58.4 Å². The number of carbonyl (C=O) groups excluding carboxylic acids is 1. The lowest BCUT2D eigenvalue weighted by Gasteiger charge is -2.43. The van der Waals surface area contributed by atoms with Crippen molar-refractivity contribution in [2.75, 3.05) is 36.6 Å². The highest BCUT2D eigenvalue weighted by Crippen LogP contribution is 2.44. The molecule has 254 valence electrons. The number of anilines is 2. The largest absolute Gasteiger partial charge is 0.386 e. The Bertz CT molecular complexity index is 1470. The molecule has 0 bridgehead atoms. The minimum absolute atomic E-state index is 0.0813. The molecule has 2 atom stereocenters. The minimum atomic E-state index is -1.01. The molecule has 0 spiro atoms. The maximum absolute atomic E-state index is 13.8. The Morgan fingerprint density at radius 1 is 1.21 bits per heavy atom. The van der Waals surface area contributed by atoms with Crippen LogP contribution in [0.2, 0.25) is 0 Å². The maximum Gasteiger partial charge on any atom is 0.231 e. The van der Waals surface area contributed by atoms with Crippen molar-refractivity contribution in [3.8, 4) is 12.1 Å². The SMILES string of the molecule is C=C(C)C#N.C\C=C(/N=C\C(=C(/C)CC)C(C)(C)O)N(CC1CCC[C@](C)(CN2CN(C)c3ccc(C#N)cc32)C1)C(=O)C1CCC1. The van der Waals surface area contributed by atoms with E-state index in [1.54, 1.807) is 27.0 Å². The zero-order chi connectivity index (χ0) is 34.9.